The van der Waals surface area contributed by atoms with Gasteiger partial charge in [-0.15, -0.1) is 0 Å². The maximum absolute atomic E-state index is 13.5. The summed E-state index contributed by atoms with van der Waals surface area (Å²) in [5, 5.41) is 11.7. The van der Waals surface area contributed by atoms with Gasteiger partial charge in [-0.3, -0.25) is 0 Å². The van der Waals surface area contributed by atoms with Gasteiger partial charge in [-0.2, -0.15) is 0 Å². The van der Waals surface area contributed by atoms with Gasteiger partial charge >= 0.3 is 5.63 Å². The highest BCUT2D eigenvalue weighted by Crippen LogP contribution is 2.42. The van der Waals surface area contributed by atoms with E-state index in [-0.39, 0.29) is 23.1 Å². The molecular formula is C30H42O6Si2. The first-order valence-electron chi connectivity index (χ1n) is 13.3. The zero-order valence-corrected chi connectivity index (χ0v) is 26.4. The topological polar surface area (TPSA) is 78.1 Å². The van der Waals surface area contributed by atoms with Crippen molar-refractivity contribution >= 4 is 27.6 Å². The average Bonchev–Trinajstić information content (AvgIpc) is 2.75. The summed E-state index contributed by atoms with van der Waals surface area (Å²) in [4.78, 5) is 13.5. The molecule has 8 heteroatoms. The van der Waals surface area contributed by atoms with E-state index >= 15 is 0 Å². The molecule has 0 saturated heterocycles. The Bertz CT molecular complexity index is 1410. The Morgan fingerprint density at radius 2 is 1.42 bits per heavy atom. The number of hydrogen-bond donors (Lipinski definition) is 1. The fourth-order valence-electron chi connectivity index (χ4n) is 4.06. The van der Waals surface area contributed by atoms with Gasteiger partial charge in [0.1, 0.15) is 29.4 Å². The summed E-state index contributed by atoms with van der Waals surface area (Å²) in [6.07, 6.45) is -0.498. The molecule has 0 spiro atoms. The monoisotopic (exact) mass is 554 g/mol. The molecule has 0 amide bonds. The molecule has 1 aliphatic heterocycles. The summed E-state index contributed by atoms with van der Waals surface area (Å²) >= 11 is 0. The second kappa shape index (κ2) is 9.57. The summed E-state index contributed by atoms with van der Waals surface area (Å²) in [5.74, 6) is 1.89. The molecule has 1 atom stereocenters. The molecule has 1 aliphatic rings. The first-order chi connectivity index (χ1) is 17.4. The van der Waals surface area contributed by atoms with E-state index in [1.807, 2.05) is 30.3 Å². The molecular weight excluding hydrogens is 512 g/mol. The van der Waals surface area contributed by atoms with Crippen molar-refractivity contribution in [2.24, 2.45) is 0 Å². The van der Waals surface area contributed by atoms with Crippen molar-refractivity contribution in [2.75, 3.05) is 6.61 Å². The number of hydrogen-bond acceptors (Lipinski definition) is 6. The first kappa shape index (κ1) is 28.5. The molecule has 1 N–H and O–H groups in total. The molecule has 0 bridgehead atoms. The summed E-state index contributed by atoms with van der Waals surface area (Å²) in [5.41, 5.74) is 1.81. The molecule has 0 aliphatic carbocycles. The minimum Gasteiger partial charge on any atom is -0.543 e. The van der Waals surface area contributed by atoms with E-state index in [4.69, 9.17) is 18.0 Å². The van der Waals surface area contributed by atoms with Crippen LogP contribution in [0.15, 0.2) is 45.6 Å². The highest BCUT2D eigenvalue weighted by Gasteiger charge is 2.40. The quantitative estimate of drug-likeness (QED) is 0.265. The van der Waals surface area contributed by atoms with Crippen LogP contribution in [0.5, 0.6) is 17.2 Å². The molecule has 206 valence electrons. The molecule has 0 radical (unpaired) electrons. The number of benzene rings is 2. The third-order valence-electron chi connectivity index (χ3n) is 8.44. The Morgan fingerprint density at radius 3 is 2.00 bits per heavy atom. The fraction of sp³-hybridized carbons (Fsp3) is 0.500. The van der Waals surface area contributed by atoms with Crippen molar-refractivity contribution in [3.8, 4) is 28.4 Å². The van der Waals surface area contributed by atoms with Crippen LogP contribution in [-0.2, 0) is 6.42 Å². The van der Waals surface area contributed by atoms with Crippen LogP contribution in [0.3, 0.4) is 0 Å². The van der Waals surface area contributed by atoms with Crippen LogP contribution in [0.2, 0.25) is 36.3 Å². The second-order valence-electron chi connectivity index (χ2n) is 13.5. The van der Waals surface area contributed by atoms with Gasteiger partial charge in [0.05, 0.1) is 11.7 Å². The molecule has 1 unspecified atom stereocenters. The van der Waals surface area contributed by atoms with Crippen molar-refractivity contribution in [3.63, 3.8) is 0 Å². The second-order valence-corrected chi connectivity index (χ2v) is 22.9. The number of ether oxygens (including phenoxy) is 1. The molecule has 3 aromatic rings. The van der Waals surface area contributed by atoms with E-state index in [0.29, 0.717) is 34.0 Å². The van der Waals surface area contributed by atoms with E-state index < -0.39 is 28.4 Å². The molecule has 2 heterocycles. The van der Waals surface area contributed by atoms with Crippen molar-refractivity contribution in [1.82, 2.24) is 0 Å². The van der Waals surface area contributed by atoms with E-state index in [0.717, 1.165) is 10.9 Å². The summed E-state index contributed by atoms with van der Waals surface area (Å²) in [6.45, 7) is 22.0. The maximum atomic E-state index is 13.5. The van der Waals surface area contributed by atoms with Gasteiger partial charge in [0.25, 0.3) is 0 Å². The fourth-order valence-corrected chi connectivity index (χ4v) is 6.11. The van der Waals surface area contributed by atoms with Crippen LogP contribution in [0.1, 0.15) is 47.1 Å². The van der Waals surface area contributed by atoms with Gasteiger partial charge in [0.2, 0.25) is 16.6 Å². The third-order valence-corrected chi connectivity index (χ3v) is 17.2. The largest absolute Gasteiger partial charge is 0.543 e. The molecule has 2 aromatic carbocycles. The van der Waals surface area contributed by atoms with Gasteiger partial charge in [-0.05, 0) is 66.1 Å². The maximum Gasteiger partial charge on any atom is 0.344 e. The molecule has 0 fully saturated rings. The van der Waals surface area contributed by atoms with Crippen molar-refractivity contribution in [2.45, 2.75) is 90.3 Å². The van der Waals surface area contributed by atoms with E-state index in [1.54, 1.807) is 6.07 Å². The van der Waals surface area contributed by atoms with Crippen LogP contribution >= 0.6 is 0 Å². The number of rotatable bonds is 4. The van der Waals surface area contributed by atoms with Crippen LogP contribution in [-0.4, -0.2) is 34.5 Å². The van der Waals surface area contributed by atoms with Crippen molar-refractivity contribution in [1.29, 1.82) is 0 Å². The van der Waals surface area contributed by atoms with Crippen molar-refractivity contribution < 1.29 is 23.1 Å². The Balaban J connectivity index is 1.82. The van der Waals surface area contributed by atoms with Gasteiger partial charge in [-0.1, -0.05) is 41.5 Å². The average molecular weight is 555 g/mol. The molecule has 0 saturated carbocycles. The SMILES string of the molecule is CC(C)(C)[Si](C)(C)Oc1ccc2c(c1)OCC(O)Cc1c-2c(=O)oc2cc(O[Si](C)(C)C(C)(C)C)ccc12. The normalized spacial score (nSPS) is 16.7. The standard InChI is InChI=1S/C30H42O6Si2/c1-29(2,3)37(7,8)35-20-12-14-23-25(16-20)33-18-19(31)15-24-22-13-11-21(36-38(9,10)30(4,5)6)17-26(22)34-28(32)27(23)24/h11-14,16-17,19,31H,15,18H2,1-10H3. The lowest BCUT2D eigenvalue weighted by atomic mass is 9.93. The van der Waals surface area contributed by atoms with E-state index in [1.165, 1.54) is 0 Å². The van der Waals surface area contributed by atoms with Gasteiger partial charge in [0, 0.05) is 29.5 Å². The van der Waals surface area contributed by atoms with Crippen LogP contribution in [0.4, 0.5) is 0 Å². The number of aliphatic hydroxyl groups excluding tert-OH is 1. The van der Waals surface area contributed by atoms with Gasteiger partial charge < -0.3 is 23.1 Å². The van der Waals surface area contributed by atoms with E-state index in [9.17, 15) is 9.90 Å². The summed E-state index contributed by atoms with van der Waals surface area (Å²) in [7, 11) is -4.14. The Morgan fingerprint density at radius 1 is 0.868 bits per heavy atom. The van der Waals surface area contributed by atoms with Crippen LogP contribution < -0.4 is 19.2 Å². The van der Waals surface area contributed by atoms with Crippen LogP contribution in [0.25, 0.3) is 22.1 Å². The Kier molecular flexibility index (Phi) is 7.17. The van der Waals surface area contributed by atoms with Gasteiger partial charge in [-0.25, -0.2) is 4.79 Å². The number of aliphatic hydroxyl groups is 1. The number of fused-ring (bicyclic) bond motifs is 5. The third kappa shape index (κ3) is 5.44. The van der Waals surface area contributed by atoms with E-state index in [2.05, 4.69) is 67.7 Å². The molecule has 6 nitrogen and oxygen atoms in total. The lowest BCUT2D eigenvalue weighted by Crippen LogP contribution is -2.43. The summed E-state index contributed by atoms with van der Waals surface area (Å²) in [6, 6.07) is 11.3. The first-order valence-corrected chi connectivity index (χ1v) is 19.1. The Hall–Kier alpha value is -2.56. The zero-order chi connectivity index (χ0) is 28.3. The minimum absolute atomic E-state index is 0.0358. The molecule has 4 rings (SSSR count). The smallest absolute Gasteiger partial charge is 0.344 e. The highest BCUT2D eigenvalue weighted by molar-refractivity contribution is 6.75. The van der Waals surface area contributed by atoms with Gasteiger partial charge in [0.15, 0.2) is 0 Å². The lowest BCUT2D eigenvalue weighted by molar-refractivity contribution is 0.107. The predicted molar refractivity (Wildman–Crippen MR) is 159 cm³/mol. The highest BCUT2D eigenvalue weighted by atomic mass is 28.4. The minimum atomic E-state index is -2.07. The Labute approximate surface area is 228 Å². The van der Waals surface area contributed by atoms with Crippen molar-refractivity contribution in [3.05, 3.63) is 52.4 Å². The lowest BCUT2D eigenvalue weighted by Gasteiger charge is -2.36. The molecule has 1 aromatic heterocycles. The summed E-state index contributed by atoms with van der Waals surface area (Å²) < 4.78 is 24.8. The van der Waals surface area contributed by atoms with Crippen LogP contribution in [0, 0.1) is 0 Å². The molecule has 38 heavy (non-hydrogen) atoms. The predicted octanol–water partition coefficient (Wildman–Crippen LogP) is 7.52. The zero-order valence-electron chi connectivity index (χ0n) is 24.4.